The molecule has 1 amide bonds. The predicted octanol–water partition coefficient (Wildman–Crippen LogP) is 4.98. The Labute approximate surface area is 166 Å². The van der Waals surface area contributed by atoms with E-state index in [0.29, 0.717) is 17.1 Å². The molecule has 4 rings (SSSR count). The zero-order valence-electron chi connectivity index (χ0n) is 15.2. The number of carbonyl (C=O) groups is 1. The molecule has 0 radical (unpaired) electrons. The number of nitrogens with one attached hydrogen (secondary N) is 1. The van der Waals surface area contributed by atoms with Gasteiger partial charge in [0.1, 0.15) is 5.82 Å². The Balaban J connectivity index is 1.66. The largest absolute Gasteiger partial charge is 0.347 e. The topological polar surface area (TPSA) is 46.9 Å². The minimum atomic E-state index is -0.297. The summed E-state index contributed by atoms with van der Waals surface area (Å²) in [7, 11) is 0. The maximum absolute atomic E-state index is 13.3. The van der Waals surface area contributed by atoms with Gasteiger partial charge >= 0.3 is 0 Å². The number of para-hydroxylation sites is 1. The zero-order chi connectivity index (χ0) is 19.5. The van der Waals surface area contributed by atoms with Gasteiger partial charge in [-0.05, 0) is 60.3 Å². The maximum atomic E-state index is 13.3. The van der Waals surface area contributed by atoms with Gasteiger partial charge in [-0.25, -0.2) is 9.07 Å². The van der Waals surface area contributed by atoms with Crippen molar-refractivity contribution in [3.05, 3.63) is 94.1 Å². The standard InChI is InChI=1S/C22H18FN3OS/c1-15-11-12-28-21(15)22(27)24-13-17-14-26(19-5-3-2-4-6-19)25-20(17)16-7-9-18(23)10-8-16/h2-12,14H,13H2,1H3,(H,24,27). The Morgan fingerprint density at radius 1 is 1.11 bits per heavy atom. The Kier molecular flexibility index (Phi) is 5.04. The Hall–Kier alpha value is -3.25. The van der Waals surface area contributed by atoms with Crippen molar-refractivity contribution >= 4 is 17.2 Å². The lowest BCUT2D eigenvalue weighted by Gasteiger charge is -2.05. The summed E-state index contributed by atoms with van der Waals surface area (Å²) in [5, 5.41) is 9.56. The third kappa shape index (κ3) is 3.73. The van der Waals surface area contributed by atoms with Crippen LogP contribution in [-0.4, -0.2) is 15.7 Å². The Morgan fingerprint density at radius 2 is 1.86 bits per heavy atom. The molecule has 2 aromatic heterocycles. The van der Waals surface area contributed by atoms with Gasteiger partial charge in [-0.15, -0.1) is 11.3 Å². The quantitative estimate of drug-likeness (QED) is 0.522. The highest BCUT2D eigenvalue weighted by Gasteiger charge is 2.15. The molecular formula is C22H18FN3OS. The maximum Gasteiger partial charge on any atom is 0.261 e. The second kappa shape index (κ2) is 7.78. The first-order chi connectivity index (χ1) is 13.6. The summed E-state index contributed by atoms with van der Waals surface area (Å²) in [6.45, 7) is 2.25. The van der Waals surface area contributed by atoms with E-state index in [2.05, 4.69) is 10.4 Å². The number of rotatable bonds is 5. The number of aryl methyl sites for hydroxylation is 1. The molecule has 0 aliphatic rings. The molecule has 0 bridgehead atoms. The summed E-state index contributed by atoms with van der Waals surface area (Å²) in [5.74, 6) is -0.403. The lowest BCUT2D eigenvalue weighted by Crippen LogP contribution is -2.22. The fourth-order valence-corrected chi connectivity index (χ4v) is 3.81. The lowest BCUT2D eigenvalue weighted by atomic mass is 10.1. The first-order valence-electron chi connectivity index (χ1n) is 8.84. The van der Waals surface area contributed by atoms with E-state index in [1.165, 1.54) is 23.5 Å². The molecule has 0 spiro atoms. The number of halogens is 1. The smallest absolute Gasteiger partial charge is 0.261 e. The average molecular weight is 391 g/mol. The van der Waals surface area contributed by atoms with Crippen LogP contribution in [0.25, 0.3) is 16.9 Å². The van der Waals surface area contributed by atoms with E-state index in [9.17, 15) is 9.18 Å². The third-order valence-corrected chi connectivity index (χ3v) is 5.45. The number of hydrogen-bond acceptors (Lipinski definition) is 3. The first kappa shape index (κ1) is 18.1. The highest BCUT2D eigenvalue weighted by molar-refractivity contribution is 7.12. The van der Waals surface area contributed by atoms with E-state index >= 15 is 0 Å². The third-order valence-electron chi connectivity index (χ3n) is 4.44. The Morgan fingerprint density at radius 3 is 2.54 bits per heavy atom. The van der Waals surface area contributed by atoms with E-state index in [1.807, 2.05) is 54.9 Å². The minimum Gasteiger partial charge on any atom is -0.347 e. The summed E-state index contributed by atoms with van der Waals surface area (Å²) < 4.78 is 15.1. The molecule has 0 saturated carbocycles. The molecule has 4 nitrogen and oxygen atoms in total. The van der Waals surface area contributed by atoms with Gasteiger partial charge in [-0.2, -0.15) is 5.10 Å². The van der Waals surface area contributed by atoms with E-state index in [0.717, 1.165) is 22.4 Å². The first-order valence-corrected chi connectivity index (χ1v) is 9.72. The van der Waals surface area contributed by atoms with Crippen LogP contribution in [0.3, 0.4) is 0 Å². The molecule has 28 heavy (non-hydrogen) atoms. The minimum absolute atomic E-state index is 0.106. The second-order valence-corrected chi connectivity index (χ2v) is 7.32. The number of thiophene rings is 1. The average Bonchev–Trinajstić information content (AvgIpc) is 3.34. The van der Waals surface area contributed by atoms with Crippen LogP contribution >= 0.6 is 11.3 Å². The molecule has 0 fully saturated rings. The van der Waals surface area contributed by atoms with Crippen molar-refractivity contribution in [1.82, 2.24) is 15.1 Å². The van der Waals surface area contributed by atoms with Gasteiger partial charge < -0.3 is 5.32 Å². The summed E-state index contributed by atoms with van der Waals surface area (Å²) in [5.41, 5.74) is 4.25. The van der Waals surface area contributed by atoms with Crippen LogP contribution in [0.4, 0.5) is 4.39 Å². The second-order valence-electron chi connectivity index (χ2n) is 6.41. The van der Waals surface area contributed by atoms with Crippen LogP contribution in [0.15, 0.2) is 72.2 Å². The molecule has 0 saturated heterocycles. The Bertz CT molecular complexity index is 1100. The van der Waals surface area contributed by atoms with Crippen molar-refractivity contribution in [2.75, 3.05) is 0 Å². The van der Waals surface area contributed by atoms with Crippen LogP contribution in [0.1, 0.15) is 20.8 Å². The van der Waals surface area contributed by atoms with Crippen LogP contribution < -0.4 is 5.32 Å². The van der Waals surface area contributed by atoms with Gasteiger partial charge in [0.15, 0.2) is 0 Å². The SMILES string of the molecule is Cc1ccsc1C(=O)NCc1cn(-c2ccccc2)nc1-c1ccc(F)cc1. The molecule has 2 aromatic carbocycles. The van der Waals surface area contributed by atoms with Gasteiger partial charge in [-0.3, -0.25) is 4.79 Å². The molecule has 2 heterocycles. The van der Waals surface area contributed by atoms with Crippen LogP contribution in [0, 0.1) is 12.7 Å². The fraction of sp³-hybridized carbons (Fsp3) is 0.0909. The van der Waals surface area contributed by atoms with Crippen molar-refractivity contribution < 1.29 is 9.18 Å². The monoisotopic (exact) mass is 391 g/mol. The van der Waals surface area contributed by atoms with Crippen LogP contribution in [0.2, 0.25) is 0 Å². The van der Waals surface area contributed by atoms with Gasteiger partial charge in [0.05, 0.1) is 16.3 Å². The number of amides is 1. The summed E-state index contributed by atoms with van der Waals surface area (Å²) in [6.07, 6.45) is 1.90. The zero-order valence-corrected chi connectivity index (χ0v) is 16.0. The van der Waals surface area contributed by atoms with Crippen molar-refractivity contribution in [3.63, 3.8) is 0 Å². The highest BCUT2D eigenvalue weighted by Crippen LogP contribution is 2.24. The van der Waals surface area contributed by atoms with E-state index < -0.39 is 0 Å². The molecule has 4 aromatic rings. The summed E-state index contributed by atoms with van der Waals surface area (Å²) >= 11 is 1.42. The number of benzene rings is 2. The van der Waals surface area contributed by atoms with Crippen LogP contribution in [-0.2, 0) is 6.54 Å². The predicted molar refractivity (Wildman–Crippen MR) is 109 cm³/mol. The van der Waals surface area contributed by atoms with Crippen molar-refractivity contribution in [3.8, 4) is 16.9 Å². The van der Waals surface area contributed by atoms with Crippen molar-refractivity contribution in [2.24, 2.45) is 0 Å². The fourth-order valence-electron chi connectivity index (χ4n) is 2.96. The molecule has 0 unspecified atom stereocenters. The van der Waals surface area contributed by atoms with Crippen LogP contribution in [0.5, 0.6) is 0 Å². The summed E-state index contributed by atoms with van der Waals surface area (Å²) in [6, 6.07) is 17.9. The number of nitrogens with zero attached hydrogens (tertiary/aromatic N) is 2. The van der Waals surface area contributed by atoms with Crippen molar-refractivity contribution in [1.29, 1.82) is 0 Å². The molecule has 0 aliphatic carbocycles. The van der Waals surface area contributed by atoms with Gasteiger partial charge in [0.25, 0.3) is 5.91 Å². The lowest BCUT2D eigenvalue weighted by molar-refractivity contribution is 0.0954. The summed E-state index contributed by atoms with van der Waals surface area (Å²) in [4.78, 5) is 13.2. The highest BCUT2D eigenvalue weighted by atomic mass is 32.1. The van der Waals surface area contributed by atoms with E-state index in [1.54, 1.807) is 16.8 Å². The molecule has 140 valence electrons. The molecule has 1 N–H and O–H groups in total. The van der Waals surface area contributed by atoms with Crippen molar-refractivity contribution in [2.45, 2.75) is 13.5 Å². The molecule has 0 aliphatic heterocycles. The number of carbonyl (C=O) groups excluding carboxylic acids is 1. The van der Waals surface area contributed by atoms with Gasteiger partial charge in [-0.1, -0.05) is 18.2 Å². The van der Waals surface area contributed by atoms with Gasteiger partial charge in [0, 0.05) is 23.9 Å². The molecule has 0 atom stereocenters. The molecule has 6 heteroatoms. The van der Waals surface area contributed by atoms with E-state index in [-0.39, 0.29) is 11.7 Å². The number of aromatic nitrogens is 2. The molecular weight excluding hydrogens is 373 g/mol. The number of hydrogen-bond donors (Lipinski definition) is 1. The normalized spacial score (nSPS) is 10.8. The van der Waals surface area contributed by atoms with E-state index in [4.69, 9.17) is 0 Å². The van der Waals surface area contributed by atoms with Gasteiger partial charge in [0.2, 0.25) is 0 Å².